The first-order chi connectivity index (χ1) is 5.20. The van der Waals surface area contributed by atoms with Gasteiger partial charge in [0.25, 0.3) is 0 Å². The molecule has 0 saturated carbocycles. The molecule has 3 radical (unpaired) electrons. The Bertz CT molecular complexity index is 112. The second kappa shape index (κ2) is 16.9. The topological polar surface area (TPSA) is 199 Å². The molecule has 0 aliphatic heterocycles. The minimum absolute atomic E-state index is 0. The second-order valence-electron chi connectivity index (χ2n) is 0.671. The fourth-order valence-corrected chi connectivity index (χ4v) is 0. The van der Waals surface area contributed by atoms with Crippen LogP contribution >= 0.6 is 0 Å². The number of rotatable bonds is 0. The number of hydrogen-bond donors (Lipinski definition) is 0. The van der Waals surface area contributed by atoms with Crippen LogP contribution in [-0.2, 0) is 0 Å². The van der Waals surface area contributed by atoms with Gasteiger partial charge >= 0.3 is 27.3 Å². The van der Waals surface area contributed by atoms with Gasteiger partial charge in [0.2, 0.25) is 0 Å². The molecule has 0 aliphatic carbocycles. The zero-order chi connectivity index (χ0) is 10.7. The molecule has 0 aromatic carbocycles. The number of hydrogen-bond acceptors (Lipinski definition) is 9. The van der Waals surface area contributed by atoms with Crippen LogP contribution in [0.2, 0.25) is 0 Å². The Morgan fingerprint density at radius 2 is 0.538 bits per heavy atom. The van der Waals surface area contributed by atoms with Gasteiger partial charge in [-0.05, 0) is 0 Å². The van der Waals surface area contributed by atoms with Gasteiger partial charge in [-0.3, -0.25) is 0 Å². The Kier molecular flexibility index (Phi) is 29.2. The molecule has 0 rings (SSSR count). The molecule has 0 saturated heterocycles. The van der Waals surface area contributed by atoms with E-state index in [0.29, 0.717) is 0 Å². The zero-order valence-corrected chi connectivity index (χ0v) is 5.02. The predicted octanol–water partition coefficient (Wildman–Crippen LogP) is -2.17. The van der Waals surface area contributed by atoms with Crippen LogP contribution in [0, 0.1) is 46.0 Å². The molecule has 0 aromatic heterocycles. The van der Waals surface area contributed by atoms with Gasteiger partial charge in [0, 0.05) is 0 Å². The van der Waals surface area contributed by atoms with Crippen molar-refractivity contribution in [3.63, 3.8) is 0 Å². The van der Waals surface area contributed by atoms with Crippen LogP contribution in [0.15, 0.2) is 0 Å². The Labute approximate surface area is 88.9 Å². The first-order valence-corrected chi connectivity index (χ1v) is 1.64. The molecule has 13 heavy (non-hydrogen) atoms. The summed E-state index contributed by atoms with van der Waals surface area (Å²) in [5.41, 5.74) is 0. The van der Waals surface area contributed by atoms with Gasteiger partial charge < -0.3 is 46.0 Å². The Morgan fingerprint density at radius 1 is 0.538 bits per heavy atom. The Hall–Kier alpha value is -1.48. The number of nitrogens with zero attached hydrogens (tertiary/aromatic N) is 3. The molecule has 12 nitrogen and oxygen atoms in total. The van der Waals surface area contributed by atoms with E-state index in [0.717, 1.165) is 0 Å². The van der Waals surface area contributed by atoms with Gasteiger partial charge in [0.15, 0.2) is 0 Å². The monoisotopic (exact) mass is 398 g/mol. The molecule has 0 aromatic rings. The first kappa shape index (κ1) is 22.5. The van der Waals surface area contributed by atoms with Gasteiger partial charge in [0.05, 0.1) is 15.3 Å². The summed E-state index contributed by atoms with van der Waals surface area (Å²) < 4.78 is 0. The summed E-state index contributed by atoms with van der Waals surface area (Å²) in [7, 11) is 0. The van der Waals surface area contributed by atoms with Crippen LogP contribution in [0.25, 0.3) is 0 Å². The van der Waals surface area contributed by atoms with Crippen LogP contribution in [0.4, 0.5) is 0 Å². The average molecular weight is 397 g/mol. The van der Waals surface area contributed by atoms with E-state index in [1.807, 2.05) is 0 Å². The minimum atomic E-state index is -1.75. The molecular weight excluding hydrogens is 393 g/mol. The fourth-order valence-electron chi connectivity index (χ4n) is 0. The SMILES string of the molecule is O=[N+]([O-])[O-].O=[N+]([O-])[O-].O=[N+]([O-])[O-].[PbH4+3]. The zero-order valence-electron chi connectivity index (χ0n) is 5.02. The molecule has 13 heteroatoms. The van der Waals surface area contributed by atoms with Crippen molar-refractivity contribution >= 4 is 27.3 Å². The van der Waals surface area contributed by atoms with E-state index in [1.54, 1.807) is 0 Å². The summed E-state index contributed by atoms with van der Waals surface area (Å²) in [6, 6.07) is 0. The van der Waals surface area contributed by atoms with E-state index in [4.69, 9.17) is 46.0 Å². The van der Waals surface area contributed by atoms with E-state index in [2.05, 4.69) is 0 Å². The average Bonchev–Trinajstić information content (AvgIpc) is 1.54. The molecule has 0 amide bonds. The van der Waals surface area contributed by atoms with Gasteiger partial charge in [0.1, 0.15) is 0 Å². The summed E-state index contributed by atoms with van der Waals surface area (Å²) in [5.74, 6) is 0. The van der Waals surface area contributed by atoms with Crippen LogP contribution in [-0.4, -0.2) is 42.6 Å². The van der Waals surface area contributed by atoms with E-state index in [-0.39, 0.29) is 27.3 Å². The van der Waals surface area contributed by atoms with Gasteiger partial charge in [-0.25, -0.2) is 0 Å². The van der Waals surface area contributed by atoms with Crippen molar-refractivity contribution in [2.45, 2.75) is 0 Å². The molecule has 77 valence electrons. The summed E-state index contributed by atoms with van der Waals surface area (Å²) in [4.78, 5) is 24.8. The molecule has 0 spiro atoms. The fraction of sp³-hybridized carbons (Fsp3) is 0. The summed E-state index contributed by atoms with van der Waals surface area (Å²) in [5, 5.41) is 44.2. The van der Waals surface area contributed by atoms with Crippen molar-refractivity contribution in [1.29, 1.82) is 0 Å². The standard InChI is InChI=1S/3NO3.Pb.4H/c3*2-1(3)4;;;;;/q3*-1;+3;;;;. The molecule has 0 N–H and O–H groups in total. The maximum absolute atomic E-state index is 8.25. The molecule has 0 bridgehead atoms. The third kappa shape index (κ3) is 350. The molecular formula is H4N3O9Pb. The summed E-state index contributed by atoms with van der Waals surface area (Å²) >= 11 is 0. The van der Waals surface area contributed by atoms with Crippen molar-refractivity contribution in [3.8, 4) is 0 Å². The molecule has 0 fully saturated rings. The summed E-state index contributed by atoms with van der Waals surface area (Å²) in [6.07, 6.45) is 0. The first-order valence-electron chi connectivity index (χ1n) is 1.64. The van der Waals surface area contributed by atoms with Crippen molar-refractivity contribution < 1.29 is 15.3 Å². The van der Waals surface area contributed by atoms with E-state index in [1.165, 1.54) is 0 Å². The van der Waals surface area contributed by atoms with E-state index in [9.17, 15) is 0 Å². The van der Waals surface area contributed by atoms with Crippen molar-refractivity contribution in [2.24, 2.45) is 0 Å². The van der Waals surface area contributed by atoms with Crippen molar-refractivity contribution in [3.05, 3.63) is 46.0 Å². The van der Waals surface area contributed by atoms with E-state index < -0.39 is 15.3 Å². The molecule has 0 heterocycles. The van der Waals surface area contributed by atoms with Gasteiger partial charge in [-0.2, -0.15) is 0 Å². The van der Waals surface area contributed by atoms with Gasteiger partial charge in [-0.15, -0.1) is 0 Å². The van der Waals surface area contributed by atoms with Crippen LogP contribution in [0.1, 0.15) is 0 Å². The molecule has 0 unspecified atom stereocenters. The predicted molar refractivity (Wildman–Crippen MR) is 42.4 cm³/mol. The molecule has 0 atom stereocenters. The summed E-state index contributed by atoms with van der Waals surface area (Å²) in [6.45, 7) is 0. The normalized spacial score (nSPS) is 5.54. The quantitative estimate of drug-likeness (QED) is 0.248. The van der Waals surface area contributed by atoms with Crippen molar-refractivity contribution in [2.75, 3.05) is 0 Å². The van der Waals surface area contributed by atoms with Crippen LogP contribution in [0.3, 0.4) is 0 Å². The Balaban J connectivity index is -0.0000000450. The van der Waals surface area contributed by atoms with Crippen LogP contribution in [0.5, 0.6) is 0 Å². The van der Waals surface area contributed by atoms with Crippen LogP contribution < -0.4 is 0 Å². The van der Waals surface area contributed by atoms with Gasteiger partial charge in [-0.1, -0.05) is 0 Å². The Morgan fingerprint density at radius 3 is 0.538 bits per heavy atom. The third-order valence-electron chi connectivity index (χ3n) is 0. The van der Waals surface area contributed by atoms with Crippen molar-refractivity contribution in [1.82, 2.24) is 0 Å². The molecule has 0 aliphatic rings. The maximum atomic E-state index is 8.25. The van der Waals surface area contributed by atoms with E-state index >= 15 is 0 Å². The third-order valence-corrected chi connectivity index (χ3v) is 0. The second-order valence-corrected chi connectivity index (χ2v) is 0.671.